The van der Waals surface area contributed by atoms with Gasteiger partial charge in [-0.25, -0.2) is 4.79 Å². The van der Waals surface area contributed by atoms with Crippen LogP contribution in [0.5, 0.6) is 0 Å². The third kappa shape index (κ3) is 5.73. The van der Waals surface area contributed by atoms with Crippen molar-refractivity contribution in [1.82, 2.24) is 5.32 Å². The van der Waals surface area contributed by atoms with E-state index in [1.54, 1.807) is 0 Å². The molecule has 2 atom stereocenters. The predicted molar refractivity (Wildman–Crippen MR) is 78.8 cm³/mol. The molecule has 0 spiro atoms. The van der Waals surface area contributed by atoms with Crippen LogP contribution < -0.4 is 5.32 Å². The lowest BCUT2D eigenvalue weighted by atomic mass is 10.0. The molecule has 1 saturated heterocycles. The largest absolute Gasteiger partial charge is 0.445 e. The van der Waals surface area contributed by atoms with Crippen LogP contribution in [0.2, 0.25) is 0 Å². The maximum atomic E-state index is 11.7. The number of benzene rings is 1. The second-order valence-electron chi connectivity index (χ2n) is 5.31. The summed E-state index contributed by atoms with van der Waals surface area (Å²) in [7, 11) is 0. The van der Waals surface area contributed by atoms with Crippen LogP contribution in [0.4, 0.5) is 4.79 Å². The summed E-state index contributed by atoms with van der Waals surface area (Å²) in [5.41, 5.74) is 0.934. The molecular weight excluding hydrogens is 270 g/mol. The molecule has 21 heavy (non-hydrogen) atoms. The Morgan fingerprint density at radius 3 is 2.86 bits per heavy atom. The molecule has 1 aliphatic rings. The van der Waals surface area contributed by atoms with Gasteiger partial charge in [0.1, 0.15) is 6.61 Å². The molecule has 1 amide bonds. The smallest absolute Gasteiger partial charge is 0.407 e. The van der Waals surface area contributed by atoms with Crippen LogP contribution in [0.3, 0.4) is 0 Å². The molecule has 1 aliphatic heterocycles. The Kier molecular flexibility index (Phi) is 6.50. The third-order valence-corrected chi connectivity index (χ3v) is 3.58. The second-order valence-corrected chi connectivity index (χ2v) is 5.31. The molecule has 5 heteroatoms. The molecule has 2 N–H and O–H groups in total. The van der Waals surface area contributed by atoms with E-state index in [0.29, 0.717) is 6.42 Å². The number of amides is 1. The summed E-state index contributed by atoms with van der Waals surface area (Å²) in [4.78, 5) is 11.7. The molecule has 116 valence electrons. The SMILES string of the molecule is O=C(N[C@@H](CO)CC1CCCCO1)OCc1ccccc1. The number of carbonyl (C=O) groups is 1. The summed E-state index contributed by atoms with van der Waals surface area (Å²) in [6, 6.07) is 9.17. The summed E-state index contributed by atoms with van der Waals surface area (Å²) in [5.74, 6) is 0. The zero-order valence-electron chi connectivity index (χ0n) is 12.2. The first-order valence-corrected chi connectivity index (χ1v) is 7.47. The monoisotopic (exact) mass is 293 g/mol. The minimum atomic E-state index is -0.506. The van der Waals surface area contributed by atoms with Crippen molar-refractivity contribution in [2.75, 3.05) is 13.2 Å². The van der Waals surface area contributed by atoms with Gasteiger partial charge >= 0.3 is 6.09 Å². The van der Waals surface area contributed by atoms with Gasteiger partial charge in [0.2, 0.25) is 0 Å². The van der Waals surface area contributed by atoms with E-state index in [1.165, 1.54) is 0 Å². The third-order valence-electron chi connectivity index (χ3n) is 3.58. The van der Waals surface area contributed by atoms with Gasteiger partial charge in [-0.1, -0.05) is 30.3 Å². The Morgan fingerprint density at radius 2 is 2.19 bits per heavy atom. The molecule has 1 heterocycles. The molecule has 1 aromatic carbocycles. The first-order valence-electron chi connectivity index (χ1n) is 7.47. The molecule has 1 fully saturated rings. The zero-order chi connectivity index (χ0) is 14.9. The number of ether oxygens (including phenoxy) is 2. The van der Waals surface area contributed by atoms with Gasteiger partial charge in [-0.2, -0.15) is 0 Å². The Labute approximate surface area is 125 Å². The topological polar surface area (TPSA) is 67.8 Å². The quantitative estimate of drug-likeness (QED) is 0.844. The number of hydrogen-bond acceptors (Lipinski definition) is 4. The summed E-state index contributed by atoms with van der Waals surface area (Å²) < 4.78 is 10.8. The molecular formula is C16H23NO4. The molecule has 2 rings (SSSR count). The minimum absolute atomic E-state index is 0.111. The van der Waals surface area contributed by atoms with Crippen LogP contribution in [0.1, 0.15) is 31.2 Å². The van der Waals surface area contributed by atoms with E-state index < -0.39 is 6.09 Å². The lowest BCUT2D eigenvalue weighted by Gasteiger charge is -2.26. The van der Waals surface area contributed by atoms with Crippen LogP contribution in [0.15, 0.2) is 30.3 Å². The highest BCUT2D eigenvalue weighted by Crippen LogP contribution is 2.17. The first kappa shape index (κ1) is 15.8. The highest BCUT2D eigenvalue weighted by Gasteiger charge is 2.20. The van der Waals surface area contributed by atoms with E-state index in [-0.39, 0.29) is 25.4 Å². The van der Waals surface area contributed by atoms with Crippen LogP contribution in [-0.2, 0) is 16.1 Å². The van der Waals surface area contributed by atoms with Crippen molar-refractivity contribution in [3.05, 3.63) is 35.9 Å². The van der Waals surface area contributed by atoms with Gasteiger partial charge in [0.25, 0.3) is 0 Å². The van der Waals surface area contributed by atoms with Crippen LogP contribution in [0.25, 0.3) is 0 Å². The number of hydrogen-bond donors (Lipinski definition) is 2. The summed E-state index contributed by atoms with van der Waals surface area (Å²) in [6.45, 7) is 0.881. The molecule has 0 bridgehead atoms. The van der Waals surface area contributed by atoms with Crippen molar-refractivity contribution in [2.24, 2.45) is 0 Å². The van der Waals surface area contributed by atoms with E-state index in [2.05, 4.69) is 5.32 Å². The van der Waals surface area contributed by atoms with E-state index >= 15 is 0 Å². The van der Waals surface area contributed by atoms with Crippen LogP contribution in [-0.4, -0.2) is 36.6 Å². The fourth-order valence-electron chi connectivity index (χ4n) is 2.42. The van der Waals surface area contributed by atoms with E-state index in [9.17, 15) is 9.90 Å². The number of carbonyl (C=O) groups excluding carboxylic acids is 1. The summed E-state index contributed by atoms with van der Waals surface area (Å²) >= 11 is 0. The first-order chi connectivity index (χ1) is 10.3. The van der Waals surface area contributed by atoms with Gasteiger partial charge < -0.3 is 19.9 Å². The van der Waals surface area contributed by atoms with Crippen LogP contribution in [0, 0.1) is 0 Å². The normalized spacial score (nSPS) is 19.8. The maximum Gasteiger partial charge on any atom is 0.407 e. The predicted octanol–water partition coefficient (Wildman–Crippen LogP) is 2.23. The average molecular weight is 293 g/mol. The van der Waals surface area contributed by atoms with Gasteiger partial charge in [-0.15, -0.1) is 0 Å². The number of aliphatic hydroxyl groups excluding tert-OH is 1. The molecule has 1 unspecified atom stereocenters. The number of alkyl carbamates (subject to hydrolysis) is 1. The Balaban J connectivity index is 1.71. The Morgan fingerprint density at radius 1 is 1.38 bits per heavy atom. The van der Waals surface area contributed by atoms with Gasteiger partial charge in [0.05, 0.1) is 18.8 Å². The van der Waals surface area contributed by atoms with E-state index in [1.807, 2.05) is 30.3 Å². The van der Waals surface area contributed by atoms with Crippen LogP contribution >= 0.6 is 0 Å². The van der Waals surface area contributed by atoms with Gasteiger partial charge in [0, 0.05) is 6.61 Å². The molecule has 0 aliphatic carbocycles. The van der Waals surface area contributed by atoms with E-state index in [4.69, 9.17) is 9.47 Å². The number of aliphatic hydroxyl groups is 1. The molecule has 5 nitrogen and oxygen atoms in total. The summed E-state index contributed by atoms with van der Waals surface area (Å²) in [6.07, 6.45) is 3.45. The maximum absolute atomic E-state index is 11.7. The lowest BCUT2D eigenvalue weighted by Crippen LogP contribution is -2.41. The van der Waals surface area contributed by atoms with Gasteiger partial charge in [-0.3, -0.25) is 0 Å². The Bertz CT molecular complexity index is 418. The lowest BCUT2D eigenvalue weighted by molar-refractivity contribution is 0.00110. The minimum Gasteiger partial charge on any atom is -0.445 e. The van der Waals surface area contributed by atoms with Crippen molar-refractivity contribution in [1.29, 1.82) is 0 Å². The molecule has 0 radical (unpaired) electrons. The highest BCUT2D eigenvalue weighted by molar-refractivity contribution is 5.67. The fraction of sp³-hybridized carbons (Fsp3) is 0.562. The fourth-order valence-corrected chi connectivity index (χ4v) is 2.42. The van der Waals surface area contributed by atoms with E-state index in [0.717, 1.165) is 31.4 Å². The second kappa shape index (κ2) is 8.64. The summed E-state index contributed by atoms with van der Waals surface area (Å²) in [5, 5.41) is 12.1. The Hall–Kier alpha value is -1.59. The van der Waals surface area contributed by atoms with Gasteiger partial charge in [0.15, 0.2) is 0 Å². The number of nitrogens with one attached hydrogen (secondary N) is 1. The molecule has 1 aromatic rings. The van der Waals surface area contributed by atoms with Crippen molar-refractivity contribution >= 4 is 6.09 Å². The standard InChI is InChI=1S/C16H23NO4/c18-11-14(10-15-8-4-5-9-20-15)17-16(19)21-12-13-6-2-1-3-7-13/h1-3,6-7,14-15,18H,4-5,8-12H2,(H,17,19)/t14-,15?/m1/s1. The van der Waals surface area contributed by atoms with Gasteiger partial charge in [-0.05, 0) is 31.2 Å². The molecule has 0 aromatic heterocycles. The molecule has 0 saturated carbocycles. The van der Waals surface area contributed by atoms with Crippen molar-refractivity contribution in [3.63, 3.8) is 0 Å². The number of rotatable bonds is 6. The van der Waals surface area contributed by atoms with Crippen molar-refractivity contribution in [3.8, 4) is 0 Å². The highest BCUT2D eigenvalue weighted by atomic mass is 16.5. The zero-order valence-corrected chi connectivity index (χ0v) is 12.2. The van der Waals surface area contributed by atoms with Crippen molar-refractivity contribution in [2.45, 2.75) is 44.4 Å². The van der Waals surface area contributed by atoms with Crippen molar-refractivity contribution < 1.29 is 19.4 Å². The average Bonchev–Trinajstić information content (AvgIpc) is 2.54.